The van der Waals surface area contributed by atoms with Gasteiger partial charge in [0.1, 0.15) is 6.10 Å². The average molecular weight is 332 g/mol. The van der Waals surface area contributed by atoms with Gasteiger partial charge in [-0.1, -0.05) is 28.9 Å². The molecule has 0 aromatic rings. The maximum absolute atomic E-state index is 11.7. The van der Waals surface area contributed by atoms with E-state index in [0.717, 1.165) is 36.8 Å². The number of epoxide rings is 1. The molecule has 2 aliphatic heterocycles. The van der Waals surface area contributed by atoms with Gasteiger partial charge in [0.05, 0.1) is 5.92 Å². The fourth-order valence-corrected chi connectivity index (χ4v) is 2.98. The number of carbonyl (C=O) groups is 2. The maximum atomic E-state index is 11.7. The van der Waals surface area contributed by atoms with E-state index in [2.05, 4.69) is 19.1 Å². The Bertz CT molecular complexity index is 578. The summed E-state index contributed by atoms with van der Waals surface area (Å²) in [4.78, 5) is 23.2. The molecule has 0 saturated carbocycles. The van der Waals surface area contributed by atoms with Crippen molar-refractivity contribution in [2.24, 2.45) is 5.92 Å². The molecule has 2 aliphatic rings. The zero-order valence-electron chi connectivity index (χ0n) is 15.1. The molecule has 0 aromatic heterocycles. The minimum atomic E-state index is -0.255. The summed E-state index contributed by atoms with van der Waals surface area (Å²) in [5.41, 5.74) is 3.48. The Hall–Kier alpha value is -1.68. The number of hydrogen-bond acceptors (Lipinski definition) is 4. The Morgan fingerprint density at radius 3 is 2.42 bits per heavy atom. The lowest BCUT2D eigenvalue weighted by Crippen LogP contribution is -2.15. The predicted molar refractivity (Wildman–Crippen MR) is 93.3 cm³/mol. The van der Waals surface area contributed by atoms with E-state index in [0.29, 0.717) is 6.42 Å². The number of esters is 1. The van der Waals surface area contributed by atoms with E-state index in [1.54, 1.807) is 6.08 Å². The van der Waals surface area contributed by atoms with Crippen molar-refractivity contribution >= 4 is 11.8 Å². The number of fused-ring (bicyclic) bond motifs is 1. The van der Waals surface area contributed by atoms with E-state index in [9.17, 15) is 9.59 Å². The third kappa shape index (κ3) is 5.75. The minimum absolute atomic E-state index is 0.00938. The summed E-state index contributed by atoms with van der Waals surface area (Å²) in [7, 11) is 0. The standard InChI is InChI=1S/C20H28O4/c1-13(2)11-16(21)12-15(4)9-5-7-14(3)8-6-10-17-18-20(23-18)24-19(17)22/h8-9,11,17-18,20H,5-7,10,12H2,1-4H3/b14-8+,15-9+. The molecule has 0 amide bonds. The van der Waals surface area contributed by atoms with Crippen LogP contribution in [0.2, 0.25) is 0 Å². The smallest absolute Gasteiger partial charge is 0.314 e. The quantitative estimate of drug-likeness (QED) is 0.274. The van der Waals surface area contributed by atoms with Crippen LogP contribution in [0.4, 0.5) is 0 Å². The van der Waals surface area contributed by atoms with Crippen LogP contribution in [-0.4, -0.2) is 24.1 Å². The van der Waals surface area contributed by atoms with Crippen LogP contribution < -0.4 is 0 Å². The van der Waals surface area contributed by atoms with Crippen LogP contribution in [0.1, 0.15) is 59.8 Å². The van der Waals surface area contributed by atoms with Crippen molar-refractivity contribution in [3.63, 3.8) is 0 Å². The Morgan fingerprint density at radius 2 is 1.79 bits per heavy atom. The maximum Gasteiger partial charge on any atom is 0.314 e. The molecule has 0 radical (unpaired) electrons. The lowest BCUT2D eigenvalue weighted by molar-refractivity contribution is -0.151. The molecular weight excluding hydrogens is 304 g/mol. The highest BCUT2D eigenvalue weighted by atomic mass is 16.8. The molecule has 0 aromatic carbocycles. The highest BCUT2D eigenvalue weighted by Crippen LogP contribution is 2.40. The summed E-state index contributed by atoms with van der Waals surface area (Å²) >= 11 is 0. The van der Waals surface area contributed by atoms with Gasteiger partial charge in [-0.3, -0.25) is 9.59 Å². The van der Waals surface area contributed by atoms with Crippen molar-refractivity contribution in [2.45, 2.75) is 72.2 Å². The molecule has 24 heavy (non-hydrogen) atoms. The van der Waals surface area contributed by atoms with Crippen LogP contribution in [0.15, 0.2) is 34.9 Å². The molecule has 2 fully saturated rings. The van der Waals surface area contributed by atoms with Crippen LogP contribution in [-0.2, 0) is 19.1 Å². The van der Waals surface area contributed by atoms with Gasteiger partial charge in [0.2, 0.25) is 6.29 Å². The summed E-state index contributed by atoms with van der Waals surface area (Å²) in [6, 6.07) is 0. The van der Waals surface area contributed by atoms with Crippen molar-refractivity contribution < 1.29 is 19.1 Å². The van der Waals surface area contributed by atoms with Gasteiger partial charge in [-0.2, -0.15) is 0 Å². The summed E-state index contributed by atoms with van der Waals surface area (Å²) in [6.07, 6.45) is 9.88. The Morgan fingerprint density at radius 1 is 1.08 bits per heavy atom. The zero-order chi connectivity index (χ0) is 17.7. The van der Waals surface area contributed by atoms with Crippen LogP contribution in [0.25, 0.3) is 0 Å². The first-order valence-corrected chi connectivity index (χ1v) is 8.71. The van der Waals surface area contributed by atoms with Crippen molar-refractivity contribution in [1.29, 1.82) is 0 Å². The second kappa shape index (κ2) is 8.43. The van der Waals surface area contributed by atoms with Crippen LogP contribution in [0, 0.1) is 5.92 Å². The van der Waals surface area contributed by atoms with Gasteiger partial charge in [0.15, 0.2) is 5.78 Å². The first kappa shape index (κ1) is 18.7. The third-order valence-electron chi connectivity index (χ3n) is 4.32. The second-order valence-corrected chi connectivity index (χ2v) is 7.09. The number of ether oxygens (including phenoxy) is 2. The second-order valence-electron chi connectivity index (χ2n) is 7.09. The number of ketones is 1. The molecule has 0 bridgehead atoms. The molecule has 3 atom stereocenters. The van der Waals surface area contributed by atoms with E-state index in [4.69, 9.17) is 9.47 Å². The van der Waals surface area contributed by atoms with Crippen molar-refractivity contribution in [3.05, 3.63) is 34.9 Å². The fourth-order valence-electron chi connectivity index (χ4n) is 2.98. The minimum Gasteiger partial charge on any atom is -0.433 e. The Kier molecular flexibility index (Phi) is 6.55. The van der Waals surface area contributed by atoms with E-state index < -0.39 is 0 Å². The van der Waals surface area contributed by atoms with Gasteiger partial charge >= 0.3 is 5.97 Å². The Balaban J connectivity index is 1.65. The van der Waals surface area contributed by atoms with Gasteiger partial charge in [-0.25, -0.2) is 0 Å². The normalized spacial score (nSPS) is 26.0. The van der Waals surface area contributed by atoms with Gasteiger partial charge < -0.3 is 9.47 Å². The monoisotopic (exact) mass is 332 g/mol. The first-order valence-electron chi connectivity index (χ1n) is 8.71. The van der Waals surface area contributed by atoms with Gasteiger partial charge in [0.25, 0.3) is 0 Å². The van der Waals surface area contributed by atoms with Crippen LogP contribution in [0.5, 0.6) is 0 Å². The topological polar surface area (TPSA) is 55.9 Å². The lowest BCUT2D eigenvalue weighted by Gasteiger charge is -2.06. The molecule has 132 valence electrons. The largest absolute Gasteiger partial charge is 0.433 e. The lowest BCUT2D eigenvalue weighted by atomic mass is 9.99. The third-order valence-corrected chi connectivity index (χ3v) is 4.32. The molecule has 0 aliphatic carbocycles. The van der Waals surface area contributed by atoms with Gasteiger partial charge in [0, 0.05) is 6.42 Å². The fraction of sp³-hybridized carbons (Fsp3) is 0.600. The van der Waals surface area contributed by atoms with Crippen LogP contribution in [0.3, 0.4) is 0 Å². The van der Waals surface area contributed by atoms with E-state index >= 15 is 0 Å². The zero-order valence-corrected chi connectivity index (χ0v) is 15.1. The number of allylic oxidation sites excluding steroid dienone is 6. The molecule has 4 nitrogen and oxygen atoms in total. The average Bonchev–Trinajstić information content (AvgIpc) is 3.14. The van der Waals surface area contributed by atoms with Crippen molar-refractivity contribution in [2.75, 3.05) is 0 Å². The molecule has 2 rings (SSSR count). The highest BCUT2D eigenvalue weighted by molar-refractivity contribution is 5.91. The number of hydrogen-bond donors (Lipinski definition) is 0. The number of carbonyl (C=O) groups excluding carboxylic acids is 2. The van der Waals surface area contributed by atoms with Crippen molar-refractivity contribution in [3.8, 4) is 0 Å². The van der Waals surface area contributed by atoms with E-state index in [1.165, 1.54) is 5.57 Å². The van der Waals surface area contributed by atoms with Gasteiger partial charge in [-0.15, -0.1) is 0 Å². The molecule has 0 spiro atoms. The number of rotatable bonds is 9. The molecular formula is C20H28O4. The molecule has 2 heterocycles. The SMILES string of the molecule is CC(C)=CC(=O)C/C(C)=C/CC/C(C)=C/CCC1C(=O)OC2OC21. The van der Waals surface area contributed by atoms with E-state index in [1.807, 2.05) is 20.8 Å². The van der Waals surface area contributed by atoms with E-state index in [-0.39, 0.29) is 30.1 Å². The highest BCUT2D eigenvalue weighted by Gasteiger charge is 2.57. The van der Waals surface area contributed by atoms with Gasteiger partial charge in [-0.05, 0) is 59.5 Å². The molecule has 2 saturated heterocycles. The molecule has 3 unspecified atom stereocenters. The molecule has 0 N–H and O–H groups in total. The van der Waals surface area contributed by atoms with Crippen molar-refractivity contribution in [1.82, 2.24) is 0 Å². The summed E-state index contributed by atoms with van der Waals surface area (Å²) in [5, 5.41) is 0. The Labute approximate surface area is 144 Å². The predicted octanol–water partition coefficient (Wildman–Crippen LogP) is 4.26. The summed E-state index contributed by atoms with van der Waals surface area (Å²) < 4.78 is 10.3. The summed E-state index contributed by atoms with van der Waals surface area (Å²) in [5.74, 6) is -0.0239. The molecule has 4 heteroatoms. The first-order chi connectivity index (χ1) is 11.4. The van der Waals surface area contributed by atoms with Crippen LogP contribution >= 0.6 is 0 Å². The summed E-state index contributed by atoms with van der Waals surface area (Å²) in [6.45, 7) is 7.99.